The van der Waals surface area contributed by atoms with Gasteiger partial charge in [-0.15, -0.1) is 0 Å². The highest BCUT2D eigenvalue weighted by atomic mass is 19.4. The summed E-state index contributed by atoms with van der Waals surface area (Å²) in [6, 6.07) is 4.58. The Hall–Kier alpha value is -2.42. The summed E-state index contributed by atoms with van der Waals surface area (Å²) in [6.07, 6.45) is 0.194. The minimum atomic E-state index is -4.58. The Morgan fingerprint density at radius 3 is 2.67 bits per heavy atom. The lowest BCUT2D eigenvalue weighted by Crippen LogP contribution is -2.37. The first-order valence-electron chi connectivity index (χ1n) is 10.1. The highest BCUT2D eigenvalue weighted by molar-refractivity contribution is 5.50. The Morgan fingerprint density at radius 2 is 1.97 bits per heavy atom. The van der Waals surface area contributed by atoms with Gasteiger partial charge in [-0.2, -0.15) is 13.2 Å². The number of benzene rings is 1. The van der Waals surface area contributed by atoms with E-state index in [1.165, 1.54) is 12.4 Å². The maximum atomic E-state index is 13.8. The largest absolute Gasteiger partial charge is 0.416 e. The number of piperidine rings is 1. The maximum absolute atomic E-state index is 13.8. The zero-order valence-electron chi connectivity index (χ0n) is 16.4. The third kappa shape index (κ3) is 4.50. The number of hydrogen-bond acceptors (Lipinski definition) is 5. The topological polar surface area (TPSA) is 61.3 Å². The molecular weight excluding hydrogens is 400 g/mol. The van der Waals surface area contributed by atoms with E-state index in [1.807, 2.05) is 6.07 Å². The molecule has 1 aromatic carbocycles. The van der Waals surface area contributed by atoms with Gasteiger partial charge in [-0.25, -0.2) is 14.4 Å². The summed E-state index contributed by atoms with van der Waals surface area (Å²) in [5, 5.41) is 12.6. The molecule has 30 heavy (non-hydrogen) atoms. The zero-order valence-corrected chi connectivity index (χ0v) is 16.4. The van der Waals surface area contributed by atoms with Crippen LogP contribution in [-0.4, -0.2) is 41.3 Å². The van der Waals surface area contributed by atoms with Gasteiger partial charge in [0.2, 0.25) is 0 Å². The van der Waals surface area contributed by atoms with Crippen LogP contribution in [0.3, 0.4) is 0 Å². The second-order valence-electron chi connectivity index (χ2n) is 8.26. The van der Waals surface area contributed by atoms with Crippen LogP contribution >= 0.6 is 0 Å². The van der Waals surface area contributed by atoms with Crippen molar-refractivity contribution in [2.24, 2.45) is 5.92 Å². The molecule has 1 saturated carbocycles. The van der Waals surface area contributed by atoms with Crippen LogP contribution in [-0.2, 0) is 11.6 Å². The van der Waals surface area contributed by atoms with Crippen LogP contribution in [0.15, 0.2) is 30.6 Å². The van der Waals surface area contributed by atoms with Crippen molar-refractivity contribution in [3.63, 3.8) is 0 Å². The van der Waals surface area contributed by atoms with Crippen LogP contribution in [0.2, 0.25) is 0 Å². The average molecular weight is 424 g/mol. The van der Waals surface area contributed by atoms with Crippen molar-refractivity contribution in [2.75, 3.05) is 36.5 Å². The lowest BCUT2D eigenvalue weighted by atomic mass is 9.94. The van der Waals surface area contributed by atoms with Crippen molar-refractivity contribution < 1.29 is 22.7 Å². The molecule has 5 nitrogen and oxygen atoms in total. The zero-order chi connectivity index (χ0) is 21.4. The van der Waals surface area contributed by atoms with Crippen molar-refractivity contribution in [2.45, 2.75) is 37.3 Å². The van der Waals surface area contributed by atoms with Gasteiger partial charge in [-0.1, -0.05) is 0 Å². The molecule has 4 rings (SSSR count). The molecule has 1 saturated heterocycles. The first-order chi connectivity index (χ1) is 14.3. The molecule has 2 aromatic rings. The molecule has 162 valence electrons. The van der Waals surface area contributed by atoms with E-state index in [1.54, 1.807) is 0 Å². The predicted octanol–water partition coefficient (Wildman–Crippen LogP) is 3.99. The molecule has 0 radical (unpaired) electrons. The molecule has 1 unspecified atom stereocenters. The summed E-state index contributed by atoms with van der Waals surface area (Å²) in [5.41, 5.74) is -1.13. The van der Waals surface area contributed by atoms with Gasteiger partial charge in [0.15, 0.2) is 0 Å². The molecule has 2 heterocycles. The van der Waals surface area contributed by atoms with Crippen molar-refractivity contribution >= 4 is 11.6 Å². The first kappa shape index (κ1) is 20.8. The highest BCUT2D eigenvalue weighted by Gasteiger charge is 2.45. The van der Waals surface area contributed by atoms with Crippen LogP contribution in [0.4, 0.5) is 29.2 Å². The van der Waals surface area contributed by atoms with E-state index in [0.29, 0.717) is 36.8 Å². The Morgan fingerprint density at radius 1 is 1.17 bits per heavy atom. The molecule has 1 aliphatic heterocycles. The SMILES string of the molecule is OCC1CCCN(c2cc(NCC3(c4cc(F)cc(C(F)(F)F)c4)CC3)ncn2)C1. The molecule has 2 aliphatic rings. The minimum absolute atomic E-state index is 0.142. The standard InChI is InChI=1S/C21H24F4N4O/c22-17-7-15(6-16(8-17)21(23,24)25)20(3-4-20)12-26-18-9-19(28-13-27-18)29-5-1-2-14(10-29)11-30/h6-9,13-14,30H,1-5,10-12H2,(H,26,27,28). The number of rotatable bonds is 6. The Balaban J connectivity index is 1.47. The lowest BCUT2D eigenvalue weighted by molar-refractivity contribution is -0.137. The summed E-state index contributed by atoms with van der Waals surface area (Å²) in [5.74, 6) is 0.667. The molecule has 2 N–H and O–H groups in total. The first-order valence-corrected chi connectivity index (χ1v) is 10.1. The minimum Gasteiger partial charge on any atom is -0.396 e. The summed E-state index contributed by atoms with van der Waals surface area (Å²) in [4.78, 5) is 10.6. The van der Waals surface area contributed by atoms with Gasteiger partial charge < -0.3 is 15.3 Å². The number of aliphatic hydroxyl groups is 1. The van der Waals surface area contributed by atoms with Crippen LogP contribution in [0, 0.1) is 11.7 Å². The van der Waals surface area contributed by atoms with Crippen molar-refractivity contribution in [1.82, 2.24) is 9.97 Å². The van der Waals surface area contributed by atoms with Gasteiger partial charge in [0, 0.05) is 37.7 Å². The van der Waals surface area contributed by atoms with E-state index in [2.05, 4.69) is 20.2 Å². The highest BCUT2D eigenvalue weighted by Crippen LogP contribution is 2.49. The van der Waals surface area contributed by atoms with Gasteiger partial charge in [0.05, 0.1) is 5.56 Å². The Bertz CT molecular complexity index is 901. The van der Waals surface area contributed by atoms with Crippen LogP contribution in [0.1, 0.15) is 36.8 Å². The number of alkyl halides is 3. The van der Waals surface area contributed by atoms with E-state index < -0.39 is 23.0 Å². The van der Waals surface area contributed by atoms with Gasteiger partial charge in [0.1, 0.15) is 23.8 Å². The number of halogens is 4. The second-order valence-corrected chi connectivity index (χ2v) is 8.26. The number of aromatic nitrogens is 2. The molecule has 0 spiro atoms. The lowest BCUT2D eigenvalue weighted by Gasteiger charge is -2.32. The number of nitrogens with one attached hydrogen (secondary N) is 1. The number of nitrogens with zero attached hydrogens (tertiary/aromatic N) is 3. The van der Waals surface area contributed by atoms with Crippen molar-refractivity contribution in [1.29, 1.82) is 0 Å². The molecular formula is C21H24F4N4O. The average Bonchev–Trinajstić information content (AvgIpc) is 3.53. The normalized spacial score (nSPS) is 20.8. The fraction of sp³-hybridized carbons (Fsp3) is 0.524. The quantitative estimate of drug-likeness (QED) is 0.687. The number of hydrogen-bond donors (Lipinski definition) is 2. The Labute approximate surface area is 172 Å². The number of aliphatic hydroxyl groups excluding tert-OH is 1. The third-order valence-electron chi connectivity index (χ3n) is 6.05. The monoisotopic (exact) mass is 424 g/mol. The van der Waals surface area contributed by atoms with E-state index in [4.69, 9.17) is 0 Å². The van der Waals surface area contributed by atoms with Crippen molar-refractivity contribution in [3.8, 4) is 0 Å². The summed E-state index contributed by atoms with van der Waals surface area (Å²) in [6.45, 7) is 2.08. The molecule has 1 atom stereocenters. The van der Waals surface area contributed by atoms with Crippen molar-refractivity contribution in [3.05, 3.63) is 47.5 Å². The molecule has 2 fully saturated rings. The van der Waals surface area contributed by atoms with E-state index in [-0.39, 0.29) is 12.5 Å². The molecule has 9 heteroatoms. The second kappa shape index (κ2) is 8.02. The maximum Gasteiger partial charge on any atom is 0.416 e. The smallest absolute Gasteiger partial charge is 0.396 e. The summed E-state index contributed by atoms with van der Waals surface area (Å²) < 4.78 is 53.0. The van der Waals surface area contributed by atoms with E-state index in [0.717, 1.165) is 37.8 Å². The molecule has 1 aliphatic carbocycles. The number of anilines is 2. The molecule has 0 amide bonds. The summed E-state index contributed by atoms with van der Waals surface area (Å²) in [7, 11) is 0. The fourth-order valence-corrected chi connectivity index (χ4v) is 4.08. The van der Waals surface area contributed by atoms with E-state index in [9.17, 15) is 22.7 Å². The third-order valence-corrected chi connectivity index (χ3v) is 6.05. The van der Waals surface area contributed by atoms with Crippen LogP contribution in [0.25, 0.3) is 0 Å². The van der Waals surface area contributed by atoms with Gasteiger partial charge in [-0.05, 0) is 55.4 Å². The van der Waals surface area contributed by atoms with Gasteiger partial charge in [0.25, 0.3) is 0 Å². The van der Waals surface area contributed by atoms with Crippen LogP contribution in [0.5, 0.6) is 0 Å². The predicted molar refractivity (Wildman–Crippen MR) is 105 cm³/mol. The van der Waals surface area contributed by atoms with E-state index >= 15 is 0 Å². The fourth-order valence-electron chi connectivity index (χ4n) is 4.08. The van der Waals surface area contributed by atoms with Gasteiger partial charge in [-0.3, -0.25) is 0 Å². The van der Waals surface area contributed by atoms with Crippen LogP contribution < -0.4 is 10.2 Å². The Kier molecular flexibility index (Phi) is 5.57. The molecule has 1 aromatic heterocycles. The summed E-state index contributed by atoms with van der Waals surface area (Å²) >= 11 is 0. The van der Waals surface area contributed by atoms with Gasteiger partial charge >= 0.3 is 6.18 Å². The molecule has 0 bridgehead atoms.